The summed E-state index contributed by atoms with van der Waals surface area (Å²) in [6.07, 6.45) is -5.88. The molecule has 0 spiro atoms. The van der Waals surface area contributed by atoms with Gasteiger partial charge < -0.3 is 5.32 Å². The van der Waals surface area contributed by atoms with Crippen molar-refractivity contribution in [2.45, 2.75) is 25.6 Å². The smallest absolute Gasteiger partial charge is 0.316 e. The maximum absolute atomic E-state index is 12.0. The molecule has 0 unspecified atom stereocenters. The summed E-state index contributed by atoms with van der Waals surface area (Å²) in [4.78, 5) is 0. The molecule has 114 valence electrons. The lowest BCUT2D eigenvalue weighted by Gasteiger charge is -2.10. The molecule has 0 aliphatic carbocycles. The van der Waals surface area contributed by atoms with Crippen LogP contribution in [0.15, 0.2) is 24.3 Å². The van der Waals surface area contributed by atoms with Crippen LogP contribution in [0.4, 0.5) is 18.9 Å². The molecule has 0 amide bonds. The quantitative estimate of drug-likeness (QED) is 0.813. The van der Waals surface area contributed by atoms with Gasteiger partial charge in [-0.3, -0.25) is 4.72 Å². The highest BCUT2D eigenvalue weighted by Crippen LogP contribution is 2.22. The van der Waals surface area contributed by atoms with Gasteiger partial charge in [0.15, 0.2) is 0 Å². The van der Waals surface area contributed by atoms with Gasteiger partial charge in [0, 0.05) is 18.7 Å². The lowest BCUT2D eigenvalue weighted by atomic mass is 10.2. The first-order valence-electron chi connectivity index (χ1n) is 6.03. The molecule has 0 saturated carbocycles. The van der Waals surface area contributed by atoms with E-state index in [1.807, 2.05) is 6.07 Å². The van der Waals surface area contributed by atoms with Crippen LogP contribution in [0.5, 0.6) is 0 Å². The van der Waals surface area contributed by atoms with E-state index in [1.165, 1.54) is 0 Å². The number of rotatable bonds is 7. The first-order valence-corrected chi connectivity index (χ1v) is 7.68. The number of benzene rings is 1. The van der Waals surface area contributed by atoms with Crippen molar-refractivity contribution in [3.8, 4) is 0 Å². The van der Waals surface area contributed by atoms with E-state index in [9.17, 15) is 21.6 Å². The predicted molar refractivity (Wildman–Crippen MR) is 71.9 cm³/mol. The highest BCUT2D eigenvalue weighted by atomic mass is 32.2. The Hall–Kier alpha value is -1.28. The third-order valence-corrected chi connectivity index (χ3v) is 3.83. The minimum Gasteiger partial charge on any atom is -0.316 e. The van der Waals surface area contributed by atoms with Gasteiger partial charge in [-0.05, 0) is 31.2 Å². The summed E-state index contributed by atoms with van der Waals surface area (Å²) in [7, 11) is -2.00. The summed E-state index contributed by atoms with van der Waals surface area (Å²) in [6, 6.07) is 6.69. The van der Waals surface area contributed by atoms with Crippen LogP contribution in [0.25, 0.3) is 0 Å². The Morgan fingerprint density at radius 3 is 2.55 bits per heavy atom. The number of hydrogen-bond acceptors (Lipinski definition) is 3. The first-order chi connectivity index (χ1) is 9.22. The van der Waals surface area contributed by atoms with Gasteiger partial charge in [0.1, 0.15) is 0 Å². The number of hydrogen-bond donors (Lipinski definition) is 2. The second-order valence-corrected chi connectivity index (χ2v) is 6.21. The standard InChI is InChI=1S/C12H17F3N2O2S/c1-16-9-10-4-2-5-11(8-10)17-20(18,19)7-3-6-12(13,14)15/h2,4-5,8,16-17H,3,6-7,9H2,1H3. The third-order valence-electron chi connectivity index (χ3n) is 2.45. The first kappa shape index (κ1) is 16.8. The van der Waals surface area contributed by atoms with Crippen molar-refractivity contribution in [2.24, 2.45) is 0 Å². The van der Waals surface area contributed by atoms with Crippen molar-refractivity contribution in [3.05, 3.63) is 29.8 Å². The Balaban J connectivity index is 2.59. The largest absolute Gasteiger partial charge is 0.389 e. The van der Waals surface area contributed by atoms with Crippen LogP contribution < -0.4 is 10.0 Å². The predicted octanol–water partition coefficient (Wildman–Crippen LogP) is 2.49. The zero-order valence-electron chi connectivity index (χ0n) is 11.0. The van der Waals surface area contributed by atoms with E-state index in [0.717, 1.165) is 5.56 Å². The van der Waals surface area contributed by atoms with E-state index in [1.54, 1.807) is 25.2 Å². The Morgan fingerprint density at radius 2 is 1.95 bits per heavy atom. The van der Waals surface area contributed by atoms with Crippen molar-refractivity contribution >= 4 is 15.7 Å². The summed E-state index contributed by atoms with van der Waals surface area (Å²) in [5.74, 6) is -0.553. The number of nitrogens with one attached hydrogen (secondary N) is 2. The second kappa shape index (κ2) is 6.94. The minimum absolute atomic E-state index is 0.352. The van der Waals surface area contributed by atoms with Gasteiger partial charge in [-0.2, -0.15) is 13.2 Å². The van der Waals surface area contributed by atoms with E-state index in [2.05, 4.69) is 10.0 Å². The van der Waals surface area contributed by atoms with Crippen molar-refractivity contribution < 1.29 is 21.6 Å². The number of anilines is 1. The number of halogens is 3. The average Bonchev–Trinajstić information content (AvgIpc) is 2.26. The summed E-state index contributed by atoms with van der Waals surface area (Å²) >= 11 is 0. The van der Waals surface area contributed by atoms with Gasteiger partial charge in [0.05, 0.1) is 5.75 Å². The van der Waals surface area contributed by atoms with Crippen LogP contribution in [0.1, 0.15) is 18.4 Å². The fraction of sp³-hybridized carbons (Fsp3) is 0.500. The summed E-state index contributed by atoms with van der Waals surface area (Å²) in [5, 5.41) is 2.92. The maximum atomic E-state index is 12.0. The fourth-order valence-corrected chi connectivity index (χ4v) is 2.75. The zero-order valence-corrected chi connectivity index (χ0v) is 11.8. The normalized spacial score (nSPS) is 12.4. The van der Waals surface area contributed by atoms with Gasteiger partial charge in [-0.25, -0.2) is 8.42 Å². The van der Waals surface area contributed by atoms with Crippen LogP contribution in [0.2, 0.25) is 0 Å². The molecule has 0 aromatic heterocycles. The Morgan fingerprint density at radius 1 is 1.25 bits per heavy atom. The molecule has 0 heterocycles. The molecule has 1 aromatic carbocycles. The average molecular weight is 310 g/mol. The molecule has 0 atom stereocenters. The van der Waals surface area contributed by atoms with E-state index >= 15 is 0 Å². The third kappa shape index (κ3) is 6.76. The van der Waals surface area contributed by atoms with Crippen molar-refractivity contribution in [1.82, 2.24) is 5.32 Å². The summed E-state index contributed by atoms with van der Waals surface area (Å²) < 4.78 is 61.5. The van der Waals surface area contributed by atoms with Crippen molar-refractivity contribution in [3.63, 3.8) is 0 Å². The molecule has 0 fully saturated rings. The maximum Gasteiger partial charge on any atom is 0.389 e. The van der Waals surface area contributed by atoms with Crippen LogP contribution in [-0.4, -0.2) is 27.4 Å². The monoisotopic (exact) mass is 310 g/mol. The van der Waals surface area contributed by atoms with Gasteiger partial charge in [0.2, 0.25) is 10.0 Å². The van der Waals surface area contributed by atoms with E-state index in [-0.39, 0.29) is 0 Å². The molecule has 0 aliphatic heterocycles. The van der Waals surface area contributed by atoms with Crippen LogP contribution in [0.3, 0.4) is 0 Å². The van der Waals surface area contributed by atoms with Gasteiger partial charge in [-0.15, -0.1) is 0 Å². The topological polar surface area (TPSA) is 58.2 Å². The Kier molecular flexibility index (Phi) is 5.82. The zero-order chi connectivity index (χ0) is 15.2. The van der Waals surface area contributed by atoms with Gasteiger partial charge >= 0.3 is 6.18 Å². The number of sulfonamides is 1. The highest BCUT2D eigenvalue weighted by molar-refractivity contribution is 7.92. The second-order valence-electron chi connectivity index (χ2n) is 4.37. The molecule has 2 N–H and O–H groups in total. The SMILES string of the molecule is CNCc1cccc(NS(=O)(=O)CCCC(F)(F)F)c1. The fourth-order valence-electron chi connectivity index (χ4n) is 1.64. The number of alkyl halides is 3. The lowest BCUT2D eigenvalue weighted by molar-refractivity contribution is -0.134. The Bertz CT molecular complexity index is 530. The van der Waals surface area contributed by atoms with E-state index in [0.29, 0.717) is 12.2 Å². The van der Waals surface area contributed by atoms with Crippen LogP contribution in [0, 0.1) is 0 Å². The van der Waals surface area contributed by atoms with Gasteiger partial charge in [0.25, 0.3) is 0 Å². The molecule has 1 rings (SSSR count). The summed E-state index contributed by atoms with van der Waals surface area (Å²) in [5.41, 5.74) is 1.23. The summed E-state index contributed by atoms with van der Waals surface area (Å²) in [6.45, 7) is 0.573. The van der Waals surface area contributed by atoms with Gasteiger partial charge in [-0.1, -0.05) is 12.1 Å². The molecule has 4 nitrogen and oxygen atoms in total. The molecule has 0 radical (unpaired) electrons. The highest BCUT2D eigenvalue weighted by Gasteiger charge is 2.27. The molecule has 0 saturated heterocycles. The van der Waals surface area contributed by atoms with Crippen LogP contribution in [-0.2, 0) is 16.6 Å². The van der Waals surface area contributed by atoms with Crippen LogP contribution >= 0.6 is 0 Å². The molecule has 0 aliphatic rings. The molecule has 20 heavy (non-hydrogen) atoms. The molecule has 0 bridgehead atoms. The molecule has 1 aromatic rings. The molecule has 8 heteroatoms. The van der Waals surface area contributed by atoms with E-state index < -0.39 is 34.8 Å². The Labute approximate surface area is 116 Å². The van der Waals surface area contributed by atoms with E-state index in [4.69, 9.17) is 0 Å². The lowest BCUT2D eigenvalue weighted by Crippen LogP contribution is -2.19. The van der Waals surface area contributed by atoms with Crippen molar-refractivity contribution in [2.75, 3.05) is 17.5 Å². The molecular formula is C12H17F3N2O2S. The minimum atomic E-state index is -4.33. The molecular weight excluding hydrogens is 293 g/mol. The van der Waals surface area contributed by atoms with Crippen molar-refractivity contribution in [1.29, 1.82) is 0 Å².